The summed E-state index contributed by atoms with van der Waals surface area (Å²) in [4.78, 5) is 0. The van der Waals surface area contributed by atoms with Gasteiger partial charge in [0.1, 0.15) is 0 Å². The molecule has 0 radical (unpaired) electrons. The van der Waals surface area contributed by atoms with Crippen LogP contribution in [-0.4, -0.2) is 68.7 Å². The normalized spacial score (nSPS) is 24.3. The fourth-order valence-electron chi connectivity index (χ4n) is 0.655. The Morgan fingerprint density at radius 3 is 1.70 bits per heavy atom. The third-order valence-corrected chi connectivity index (χ3v) is 1.37. The Labute approximate surface area is 91.7 Å². The zero-order valence-electron chi connectivity index (χ0n) is 4.67. The minimum absolute atomic E-state index is 0. The minimum atomic E-state index is 0. The van der Waals surface area contributed by atoms with E-state index >= 15 is 0 Å². The molecule has 56 valence electrons. The van der Waals surface area contributed by atoms with Gasteiger partial charge in [0.05, 0.1) is 20.0 Å². The third-order valence-electron chi connectivity index (χ3n) is 0.940. The Morgan fingerprint density at radius 1 is 1.00 bits per heavy atom. The summed E-state index contributed by atoms with van der Waals surface area (Å²) in [5, 5.41) is 9.85. The van der Waals surface area contributed by atoms with E-state index in [4.69, 9.17) is 28.8 Å². The molecule has 10 heavy (non-hydrogen) atoms. The molecule has 1 saturated heterocycles. The van der Waals surface area contributed by atoms with Crippen LogP contribution in [0.5, 0.6) is 0 Å². The van der Waals surface area contributed by atoms with Crippen molar-refractivity contribution in [3.63, 3.8) is 0 Å². The molecule has 0 aliphatic carbocycles. The molecule has 0 aromatic rings. The van der Waals surface area contributed by atoms with Gasteiger partial charge in [-0.25, -0.2) is 0 Å². The Morgan fingerprint density at radius 2 is 1.40 bits per heavy atom. The number of halogens is 2. The molecule has 4 nitrogen and oxygen atoms in total. The molecule has 1 fully saturated rings. The Balaban J connectivity index is 0.000000810. The van der Waals surface area contributed by atoms with Gasteiger partial charge in [-0.05, 0) is 23.6 Å². The second kappa shape index (κ2) is 5.13. The van der Waals surface area contributed by atoms with Gasteiger partial charge in [-0.15, -0.1) is 0 Å². The van der Waals surface area contributed by atoms with E-state index in [2.05, 4.69) is 0 Å². The van der Waals surface area contributed by atoms with Gasteiger partial charge in [0.15, 0.2) is 0 Å². The summed E-state index contributed by atoms with van der Waals surface area (Å²) in [6.07, 6.45) is 0. The molecule has 0 bridgehead atoms. The molecule has 0 atom stereocenters. The molecule has 1 aliphatic heterocycles. The van der Waals surface area contributed by atoms with Crippen molar-refractivity contribution in [2.45, 2.75) is 0 Å². The topological polar surface area (TPSA) is 30.0 Å². The zero-order chi connectivity index (χ0) is 6.85. The van der Waals surface area contributed by atoms with Crippen LogP contribution in [0.2, 0.25) is 0 Å². The fraction of sp³-hybridized carbons (Fsp3) is 1.00. The summed E-state index contributed by atoms with van der Waals surface area (Å²) in [5.74, 6) is 0. The van der Waals surface area contributed by atoms with Crippen LogP contribution in [0.4, 0.5) is 0 Å². The Kier molecular flexibility index (Phi) is 5.86. The molecule has 0 aromatic carbocycles. The van der Waals surface area contributed by atoms with E-state index in [1.165, 1.54) is 8.84 Å². The van der Waals surface area contributed by atoms with Crippen LogP contribution in [0.25, 0.3) is 0 Å². The number of nitrogens with zero attached hydrogens (tertiary/aromatic N) is 3. The van der Waals surface area contributed by atoms with Gasteiger partial charge >= 0.3 is 29.6 Å². The van der Waals surface area contributed by atoms with Crippen LogP contribution >= 0.6 is 23.6 Å². The van der Waals surface area contributed by atoms with Crippen LogP contribution in [0.3, 0.4) is 0 Å². The van der Waals surface area contributed by atoms with E-state index in [0.717, 1.165) is 5.06 Å². The first-order chi connectivity index (χ1) is 4.18. The van der Waals surface area contributed by atoms with Crippen molar-refractivity contribution in [2.75, 3.05) is 20.0 Å². The molecular weight excluding hydrogens is 188 g/mol. The van der Waals surface area contributed by atoms with Gasteiger partial charge in [-0.1, -0.05) is 0 Å². The Bertz CT molecular complexity index is 82.7. The standard InChI is InChI=1S/C3H7Cl2N3O.Na.H/c4-6-1-7(5)3-8(9)2-6;;/h9H,1-3H2;;. The van der Waals surface area contributed by atoms with Crippen molar-refractivity contribution in [2.24, 2.45) is 0 Å². The maximum atomic E-state index is 8.83. The van der Waals surface area contributed by atoms with Crippen LogP contribution < -0.4 is 0 Å². The number of hydrogen-bond acceptors (Lipinski definition) is 4. The molecule has 0 amide bonds. The summed E-state index contributed by atoms with van der Waals surface area (Å²) in [7, 11) is 0. The van der Waals surface area contributed by atoms with Crippen molar-refractivity contribution in [3.05, 3.63) is 0 Å². The van der Waals surface area contributed by atoms with Crippen LogP contribution in [-0.2, 0) is 0 Å². The van der Waals surface area contributed by atoms with Gasteiger partial charge in [0.2, 0.25) is 0 Å². The van der Waals surface area contributed by atoms with Crippen molar-refractivity contribution in [1.29, 1.82) is 0 Å². The van der Waals surface area contributed by atoms with Crippen LogP contribution in [0, 0.1) is 0 Å². The molecule has 1 rings (SSSR count). The molecule has 0 aromatic heterocycles. The monoisotopic (exact) mass is 195 g/mol. The first kappa shape index (κ1) is 11.4. The molecule has 1 heterocycles. The fourth-order valence-corrected chi connectivity index (χ4v) is 1.21. The van der Waals surface area contributed by atoms with Crippen molar-refractivity contribution in [3.8, 4) is 0 Å². The molecule has 7 heteroatoms. The first-order valence-corrected chi connectivity index (χ1v) is 3.11. The average molecular weight is 196 g/mol. The maximum absolute atomic E-state index is 8.83. The summed E-state index contributed by atoms with van der Waals surface area (Å²) in [6.45, 7) is 1.11. The zero-order valence-corrected chi connectivity index (χ0v) is 6.18. The SMILES string of the molecule is ON1CN(Cl)CN(Cl)C1.[NaH]. The second-order valence-electron chi connectivity index (χ2n) is 1.86. The Hall–Kier alpha value is 1.42. The van der Waals surface area contributed by atoms with Gasteiger partial charge in [0.25, 0.3) is 0 Å². The number of rotatable bonds is 0. The van der Waals surface area contributed by atoms with Crippen molar-refractivity contribution < 1.29 is 5.21 Å². The number of hydrogen-bond donors (Lipinski definition) is 1. The van der Waals surface area contributed by atoms with Gasteiger partial charge in [-0.3, -0.25) is 0 Å². The summed E-state index contributed by atoms with van der Waals surface area (Å²) < 4.78 is 2.74. The second-order valence-corrected chi connectivity index (χ2v) is 2.81. The summed E-state index contributed by atoms with van der Waals surface area (Å²) >= 11 is 11.0. The molecule has 0 saturated carbocycles. The molecule has 0 unspecified atom stereocenters. The third kappa shape index (κ3) is 3.71. The van der Waals surface area contributed by atoms with Crippen LogP contribution in [0.15, 0.2) is 0 Å². The molecular formula is C3H8Cl2N3NaO. The first-order valence-electron chi connectivity index (χ1n) is 2.44. The van der Waals surface area contributed by atoms with Gasteiger partial charge in [0, 0.05) is 0 Å². The molecule has 1 aliphatic rings. The van der Waals surface area contributed by atoms with E-state index < -0.39 is 0 Å². The summed E-state index contributed by atoms with van der Waals surface area (Å²) in [5.41, 5.74) is 0. The van der Waals surface area contributed by atoms with Gasteiger partial charge < -0.3 is 5.21 Å². The molecule has 0 spiro atoms. The average Bonchev–Trinajstić information content (AvgIpc) is 1.59. The van der Waals surface area contributed by atoms with Crippen molar-refractivity contribution >= 4 is 53.1 Å². The molecule has 1 N–H and O–H groups in total. The predicted molar refractivity (Wildman–Crippen MR) is 40.8 cm³/mol. The van der Waals surface area contributed by atoms with E-state index in [-0.39, 0.29) is 29.6 Å². The quantitative estimate of drug-likeness (QED) is 0.430. The van der Waals surface area contributed by atoms with E-state index in [1.54, 1.807) is 0 Å². The summed E-state index contributed by atoms with van der Waals surface area (Å²) in [6, 6.07) is 0. The van der Waals surface area contributed by atoms with Crippen LogP contribution in [0.1, 0.15) is 0 Å². The van der Waals surface area contributed by atoms with Crippen molar-refractivity contribution in [1.82, 2.24) is 13.9 Å². The van der Waals surface area contributed by atoms with Gasteiger partial charge in [-0.2, -0.15) is 13.9 Å². The van der Waals surface area contributed by atoms with E-state index in [1.807, 2.05) is 0 Å². The predicted octanol–water partition coefficient (Wildman–Crippen LogP) is -0.173. The van der Waals surface area contributed by atoms with E-state index in [9.17, 15) is 0 Å². The van der Waals surface area contributed by atoms with E-state index in [0.29, 0.717) is 20.0 Å². The number of hydroxylamine groups is 2.